The highest BCUT2D eigenvalue weighted by molar-refractivity contribution is 6.32. The van der Waals surface area contributed by atoms with Crippen LogP contribution in [-0.2, 0) is 6.61 Å². The zero-order valence-electron chi connectivity index (χ0n) is 19.7. The number of rotatable bonds is 9. The van der Waals surface area contributed by atoms with Gasteiger partial charge < -0.3 is 14.6 Å². The molecule has 9 nitrogen and oxygen atoms in total. The quantitative estimate of drug-likeness (QED) is 0.162. The van der Waals surface area contributed by atoms with Crippen LogP contribution >= 0.6 is 11.6 Å². The molecule has 0 aromatic heterocycles. The molecule has 0 aliphatic carbocycles. The predicted octanol–water partition coefficient (Wildman–Crippen LogP) is 5.85. The highest BCUT2D eigenvalue weighted by Gasteiger charge is 2.14. The molecule has 0 unspecified atom stereocenters. The first-order valence-corrected chi connectivity index (χ1v) is 11.6. The van der Waals surface area contributed by atoms with E-state index in [1.165, 1.54) is 24.4 Å². The van der Waals surface area contributed by atoms with Gasteiger partial charge in [-0.1, -0.05) is 35.9 Å². The van der Waals surface area contributed by atoms with E-state index in [9.17, 15) is 20.0 Å². The molecular weight excluding hydrogens is 498 g/mol. The van der Waals surface area contributed by atoms with E-state index in [-0.39, 0.29) is 28.6 Å². The van der Waals surface area contributed by atoms with Crippen LogP contribution in [0.1, 0.15) is 28.4 Å². The number of carbonyl (C=O) groups excluding carboxylic acids is 1. The number of nitrogens with zero attached hydrogens (tertiary/aromatic N) is 2. The van der Waals surface area contributed by atoms with Crippen LogP contribution in [0.3, 0.4) is 0 Å². The number of phenolic OH excluding ortho intramolecular Hbond substituents is 1. The summed E-state index contributed by atoms with van der Waals surface area (Å²) in [5, 5.41) is 26.9. The average Bonchev–Trinajstić information content (AvgIpc) is 2.88. The maximum absolute atomic E-state index is 12.6. The zero-order valence-corrected chi connectivity index (χ0v) is 20.4. The Bertz CT molecular complexity index is 1490. The number of nitro benzene ring substituents is 1. The molecule has 0 atom stereocenters. The van der Waals surface area contributed by atoms with Gasteiger partial charge in [0.1, 0.15) is 12.4 Å². The Balaban J connectivity index is 1.47. The number of hydrogen-bond acceptors (Lipinski definition) is 7. The van der Waals surface area contributed by atoms with Gasteiger partial charge in [-0.3, -0.25) is 14.9 Å². The summed E-state index contributed by atoms with van der Waals surface area (Å²) in [6, 6.07) is 19.7. The summed E-state index contributed by atoms with van der Waals surface area (Å²) in [4.78, 5) is 22.9. The molecule has 37 heavy (non-hydrogen) atoms. The standard InChI is InChI=1S/C27H22ClN3O6/c1-2-36-25-12-18(11-23(28)26(25)37-16-17-7-9-21(10-8-17)31(34)35)15-29-30-27(33)22-13-19-5-3-4-6-20(19)14-24(22)32/h3-15,32H,2,16H2,1H3,(H,30,33). The first-order valence-electron chi connectivity index (χ1n) is 11.2. The van der Waals surface area contributed by atoms with Gasteiger partial charge in [0.25, 0.3) is 11.6 Å². The minimum absolute atomic E-state index is 0.0108. The lowest BCUT2D eigenvalue weighted by Crippen LogP contribution is -2.17. The van der Waals surface area contributed by atoms with Crippen molar-refractivity contribution in [2.45, 2.75) is 13.5 Å². The largest absolute Gasteiger partial charge is 0.507 e. The lowest BCUT2D eigenvalue weighted by atomic mass is 10.1. The van der Waals surface area contributed by atoms with Crippen molar-refractivity contribution in [1.82, 2.24) is 5.43 Å². The minimum atomic E-state index is -0.571. The number of non-ortho nitro benzene ring substituents is 1. The number of fused-ring (bicyclic) bond motifs is 1. The van der Waals surface area contributed by atoms with Crippen molar-refractivity contribution in [3.63, 3.8) is 0 Å². The molecule has 0 saturated heterocycles. The number of nitrogens with one attached hydrogen (secondary N) is 1. The van der Waals surface area contributed by atoms with Crippen LogP contribution in [0.5, 0.6) is 17.2 Å². The Kier molecular flexibility index (Phi) is 7.85. The van der Waals surface area contributed by atoms with Crippen LogP contribution in [0.25, 0.3) is 10.8 Å². The van der Waals surface area contributed by atoms with Gasteiger partial charge in [-0.25, -0.2) is 5.43 Å². The number of carbonyl (C=O) groups is 1. The van der Waals surface area contributed by atoms with Crippen LogP contribution in [0.2, 0.25) is 5.02 Å². The third-order valence-electron chi connectivity index (χ3n) is 5.35. The second kappa shape index (κ2) is 11.4. The molecule has 0 radical (unpaired) electrons. The predicted molar refractivity (Wildman–Crippen MR) is 141 cm³/mol. The third-order valence-corrected chi connectivity index (χ3v) is 5.63. The maximum atomic E-state index is 12.6. The summed E-state index contributed by atoms with van der Waals surface area (Å²) in [6.07, 6.45) is 1.39. The van der Waals surface area contributed by atoms with E-state index in [2.05, 4.69) is 10.5 Å². The van der Waals surface area contributed by atoms with Gasteiger partial charge in [-0.15, -0.1) is 0 Å². The second-order valence-corrected chi connectivity index (χ2v) is 8.30. The van der Waals surface area contributed by atoms with E-state index >= 15 is 0 Å². The van der Waals surface area contributed by atoms with Crippen molar-refractivity contribution >= 4 is 40.2 Å². The van der Waals surface area contributed by atoms with E-state index in [0.29, 0.717) is 23.7 Å². The molecule has 4 aromatic carbocycles. The number of aromatic hydroxyl groups is 1. The Morgan fingerprint density at radius 2 is 1.78 bits per heavy atom. The van der Waals surface area contributed by atoms with Crippen molar-refractivity contribution in [2.75, 3.05) is 6.61 Å². The third kappa shape index (κ3) is 6.14. The molecule has 10 heteroatoms. The highest BCUT2D eigenvalue weighted by atomic mass is 35.5. The van der Waals surface area contributed by atoms with E-state index in [4.69, 9.17) is 21.1 Å². The number of hydrogen-bond donors (Lipinski definition) is 2. The van der Waals surface area contributed by atoms with E-state index < -0.39 is 10.8 Å². The molecule has 0 fully saturated rings. The fourth-order valence-corrected chi connectivity index (χ4v) is 3.84. The lowest BCUT2D eigenvalue weighted by Gasteiger charge is -2.14. The van der Waals surface area contributed by atoms with Crippen molar-refractivity contribution in [1.29, 1.82) is 0 Å². The number of nitro groups is 1. The maximum Gasteiger partial charge on any atom is 0.275 e. The van der Waals surface area contributed by atoms with Gasteiger partial charge in [-0.2, -0.15) is 5.10 Å². The number of amides is 1. The van der Waals surface area contributed by atoms with Gasteiger partial charge in [0.05, 0.1) is 28.3 Å². The minimum Gasteiger partial charge on any atom is -0.507 e. The van der Waals surface area contributed by atoms with E-state index in [1.54, 1.807) is 30.3 Å². The Morgan fingerprint density at radius 3 is 2.46 bits per heavy atom. The van der Waals surface area contributed by atoms with E-state index in [1.807, 2.05) is 31.2 Å². The molecule has 4 rings (SSSR count). The molecule has 0 bridgehead atoms. The fourth-order valence-electron chi connectivity index (χ4n) is 3.57. The van der Waals surface area contributed by atoms with Crippen LogP contribution < -0.4 is 14.9 Å². The molecule has 1 amide bonds. The number of phenols is 1. The first kappa shape index (κ1) is 25.5. The second-order valence-electron chi connectivity index (χ2n) is 7.89. The van der Waals surface area contributed by atoms with Crippen molar-refractivity contribution < 1.29 is 24.3 Å². The normalized spacial score (nSPS) is 11.0. The van der Waals surface area contributed by atoms with Crippen LogP contribution in [0, 0.1) is 10.1 Å². The van der Waals surface area contributed by atoms with Gasteiger partial charge in [0.15, 0.2) is 11.5 Å². The van der Waals surface area contributed by atoms with Crippen molar-refractivity contribution in [3.8, 4) is 17.2 Å². The number of hydrazone groups is 1. The molecule has 4 aromatic rings. The Morgan fingerprint density at radius 1 is 1.08 bits per heavy atom. The topological polar surface area (TPSA) is 123 Å². The summed E-state index contributed by atoms with van der Waals surface area (Å²) in [6.45, 7) is 2.28. The summed E-state index contributed by atoms with van der Waals surface area (Å²) < 4.78 is 11.5. The van der Waals surface area contributed by atoms with Gasteiger partial charge in [0, 0.05) is 12.1 Å². The summed E-state index contributed by atoms with van der Waals surface area (Å²) in [5.74, 6) is -0.0396. The number of ether oxygens (including phenoxy) is 2. The smallest absolute Gasteiger partial charge is 0.275 e. The van der Waals surface area contributed by atoms with Crippen LogP contribution in [0.4, 0.5) is 5.69 Å². The highest BCUT2D eigenvalue weighted by Crippen LogP contribution is 2.37. The van der Waals surface area contributed by atoms with Gasteiger partial charge in [-0.05, 0) is 65.2 Å². The molecule has 2 N–H and O–H groups in total. The number of benzene rings is 4. The summed E-state index contributed by atoms with van der Waals surface area (Å²) in [5.41, 5.74) is 3.75. The monoisotopic (exact) mass is 519 g/mol. The van der Waals surface area contributed by atoms with Gasteiger partial charge >= 0.3 is 0 Å². The van der Waals surface area contributed by atoms with E-state index in [0.717, 1.165) is 16.3 Å². The van der Waals surface area contributed by atoms with Crippen molar-refractivity contribution in [2.24, 2.45) is 5.10 Å². The summed E-state index contributed by atoms with van der Waals surface area (Å²) >= 11 is 6.44. The molecule has 0 aliphatic rings. The average molecular weight is 520 g/mol. The molecule has 0 aliphatic heterocycles. The Hall–Kier alpha value is -4.63. The molecule has 0 spiro atoms. The van der Waals surface area contributed by atoms with Crippen molar-refractivity contribution in [3.05, 3.63) is 105 Å². The summed E-state index contributed by atoms with van der Waals surface area (Å²) in [7, 11) is 0. The van der Waals surface area contributed by atoms with Crippen LogP contribution in [-0.4, -0.2) is 28.8 Å². The molecular formula is C27H22ClN3O6. The lowest BCUT2D eigenvalue weighted by molar-refractivity contribution is -0.384. The molecule has 188 valence electrons. The molecule has 0 heterocycles. The zero-order chi connectivity index (χ0) is 26.4. The molecule has 0 saturated carbocycles. The Labute approximate surface area is 217 Å². The van der Waals surface area contributed by atoms with Gasteiger partial charge in [0.2, 0.25) is 0 Å². The SMILES string of the molecule is CCOc1cc(C=NNC(=O)c2cc3ccccc3cc2O)cc(Cl)c1OCc1ccc([N+](=O)[O-])cc1. The first-order chi connectivity index (χ1) is 17.9. The fraction of sp³-hybridized carbons (Fsp3) is 0.111. The van der Waals surface area contributed by atoms with Crippen LogP contribution in [0.15, 0.2) is 77.9 Å². The number of halogens is 1.